The third-order valence-corrected chi connectivity index (χ3v) is 2.82. The van der Waals surface area contributed by atoms with Crippen molar-refractivity contribution in [3.63, 3.8) is 0 Å². The Labute approximate surface area is 115 Å². The summed E-state index contributed by atoms with van der Waals surface area (Å²) >= 11 is 5.79. The van der Waals surface area contributed by atoms with E-state index >= 15 is 0 Å². The fourth-order valence-electron chi connectivity index (χ4n) is 1.61. The van der Waals surface area contributed by atoms with Crippen LogP contribution in [0.15, 0.2) is 36.4 Å². The van der Waals surface area contributed by atoms with Gasteiger partial charge in [-0.1, -0.05) is 17.7 Å². The van der Waals surface area contributed by atoms with Crippen LogP contribution in [0.3, 0.4) is 0 Å². The molecule has 0 aliphatic rings. The van der Waals surface area contributed by atoms with Crippen molar-refractivity contribution in [3.05, 3.63) is 52.8 Å². The summed E-state index contributed by atoms with van der Waals surface area (Å²) in [6.45, 7) is 0.215. The molecule has 0 bridgehead atoms. The summed E-state index contributed by atoms with van der Waals surface area (Å²) in [4.78, 5) is 0. The monoisotopic (exact) mass is 281 g/mol. The van der Waals surface area contributed by atoms with Crippen molar-refractivity contribution in [2.24, 2.45) is 0 Å². The van der Waals surface area contributed by atoms with Crippen molar-refractivity contribution in [1.29, 1.82) is 0 Å². The van der Waals surface area contributed by atoms with Gasteiger partial charge in [0.1, 0.15) is 12.4 Å². The molecule has 19 heavy (non-hydrogen) atoms. The molecule has 0 radical (unpaired) electrons. The molecule has 0 fully saturated rings. The smallest absolute Gasteiger partial charge is 0.165 e. The van der Waals surface area contributed by atoms with Crippen molar-refractivity contribution in [2.75, 3.05) is 12.8 Å². The van der Waals surface area contributed by atoms with Gasteiger partial charge in [0, 0.05) is 5.02 Å². The zero-order valence-electron chi connectivity index (χ0n) is 10.3. The number of anilines is 1. The average molecular weight is 282 g/mol. The number of rotatable bonds is 4. The highest BCUT2D eigenvalue weighted by Gasteiger charge is 2.05. The van der Waals surface area contributed by atoms with E-state index in [4.69, 9.17) is 26.8 Å². The maximum absolute atomic E-state index is 13.5. The van der Waals surface area contributed by atoms with Crippen LogP contribution in [0.25, 0.3) is 0 Å². The molecule has 2 rings (SSSR count). The summed E-state index contributed by atoms with van der Waals surface area (Å²) in [7, 11) is 1.42. The largest absolute Gasteiger partial charge is 0.494 e. The van der Waals surface area contributed by atoms with Gasteiger partial charge in [-0.3, -0.25) is 0 Å². The van der Waals surface area contributed by atoms with E-state index in [-0.39, 0.29) is 12.4 Å². The number of methoxy groups -OCH3 is 1. The number of nitrogen functional groups attached to an aromatic ring is 1. The fourth-order valence-corrected chi connectivity index (χ4v) is 1.79. The normalized spacial score (nSPS) is 10.3. The second-order valence-electron chi connectivity index (χ2n) is 3.94. The van der Waals surface area contributed by atoms with Crippen LogP contribution < -0.4 is 15.2 Å². The number of ether oxygens (including phenoxy) is 2. The quantitative estimate of drug-likeness (QED) is 0.870. The van der Waals surface area contributed by atoms with Crippen molar-refractivity contribution in [2.45, 2.75) is 6.61 Å². The highest BCUT2D eigenvalue weighted by atomic mass is 35.5. The molecule has 3 nitrogen and oxygen atoms in total. The standard InChI is InChI=1S/C14H13ClFNO2/c1-18-13-4-2-9(6-11(13)16)8-19-14-5-3-10(15)7-12(14)17/h2-7H,8,17H2,1H3. The van der Waals surface area contributed by atoms with Gasteiger partial charge >= 0.3 is 0 Å². The molecule has 0 atom stereocenters. The average Bonchev–Trinajstić information content (AvgIpc) is 2.38. The Bertz CT molecular complexity index is 590. The number of benzene rings is 2. The van der Waals surface area contributed by atoms with Crippen LogP contribution in [0.5, 0.6) is 11.5 Å². The predicted molar refractivity (Wildman–Crippen MR) is 73.1 cm³/mol. The summed E-state index contributed by atoms with van der Waals surface area (Å²) in [5, 5.41) is 0.542. The molecule has 0 aromatic heterocycles. The van der Waals surface area contributed by atoms with Gasteiger partial charge in [-0.05, 0) is 35.9 Å². The lowest BCUT2D eigenvalue weighted by atomic mass is 10.2. The van der Waals surface area contributed by atoms with Crippen LogP contribution in [0.1, 0.15) is 5.56 Å². The molecule has 0 spiro atoms. The molecule has 0 aliphatic carbocycles. The molecule has 0 saturated heterocycles. The Kier molecular flexibility index (Phi) is 4.12. The van der Waals surface area contributed by atoms with Crippen molar-refractivity contribution < 1.29 is 13.9 Å². The predicted octanol–water partition coefficient (Wildman–Crippen LogP) is 3.65. The Morgan fingerprint density at radius 3 is 2.53 bits per heavy atom. The first kappa shape index (κ1) is 13.5. The van der Waals surface area contributed by atoms with Crippen LogP contribution in [-0.4, -0.2) is 7.11 Å². The van der Waals surface area contributed by atoms with Crippen LogP contribution >= 0.6 is 11.6 Å². The summed E-state index contributed by atoms with van der Waals surface area (Å²) < 4.78 is 23.8. The van der Waals surface area contributed by atoms with Crippen molar-refractivity contribution in [3.8, 4) is 11.5 Å². The second kappa shape index (κ2) is 5.80. The van der Waals surface area contributed by atoms with E-state index in [1.54, 1.807) is 30.3 Å². The minimum Gasteiger partial charge on any atom is -0.494 e. The zero-order valence-corrected chi connectivity index (χ0v) is 11.1. The summed E-state index contributed by atoms with van der Waals surface area (Å²) in [6, 6.07) is 9.61. The lowest BCUT2D eigenvalue weighted by Gasteiger charge is -2.10. The SMILES string of the molecule is COc1ccc(COc2ccc(Cl)cc2N)cc1F. The van der Waals surface area contributed by atoms with Gasteiger partial charge in [0.15, 0.2) is 11.6 Å². The fraction of sp³-hybridized carbons (Fsp3) is 0.143. The molecular formula is C14H13ClFNO2. The molecule has 0 saturated carbocycles. The number of hydrogen-bond donors (Lipinski definition) is 1. The third kappa shape index (κ3) is 3.29. The molecule has 0 amide bonds. The molecule has 100 valence electrons. The maximum atomic E-state index is 13.5. The number of hydrogen-bond acceptors (Lipinski definition) is 3. The Hall–Kier alpha value is -1.94. The Morgan fingerprint density at radius 1 is 1.16 bits per heavy atom. The van der Waals surface area contributed by atoms with E-state index in [0.717, 1.165) is 0 Å². The van der Waals surface area contributed by atoms with Gasteiger partial charge in [0.2, 0.25) is 0 Å². The molecule has 0 heterocycles. The molecular weight excluding hydrogens is 269 g/mol. The van der Waals surface area contributed by atoms with E-state index in [1.807, 2.05) is 0 Å². The first-order valence-corrected chi connectivity index (χ1v) is 5.98. The van der Waals surface area contributed by atoms with Gasteiger partial charge in [0.05, 0.1) is 12.8 Å². The van der Waals surface area contributed by atoms with Crippen LogP contribution in [0.2, 0.25) is 5.02 Å². The zero-order chi connectivity index (χ0) is 13.8. The van der Waals surface area contributed by atoms with Gasteiger partial charge in [0.25, 0.3) is 0 Å². The van der Waals surface area contributed by atoms with E-state index in [1.165, 1.54) is 13.2 Å². The molecule has 0 aliphatic heterocycles. The minimum absolute atomic E-state index is 0.203. The van der Waals surface area contributed by atoms with E-state index < -0.39 is 5.82 Å². The highest BCUT2D eigenvalue weighted by Crippen LogP contribution is 2.26. The molecule has 2 aromatic rings. The van der Waals surface area contributed by atoms with Crippen LogP contribution in [0.4, 0.5) is 10.1 Å². The topological polar surface area (TPSA) is 44.5 Å². The summed E-state index contributed by atoms with van der Waals surface area (Å²) in [5.74, 6) is 0.295. The van der Waals surface area contributed by atoms with E-state index in [2.05, 4.69) is 0 Å². The molecule has 2 aromatic carbocycles. The van der Waals surface area contributed by atoms with E-state index in [9.17, 15) is 4.39 Å². The first-order chi connectivity index (χ1) is 9.10. The summed E-state index contributed by atoms with van der Waals surface area (Å²) in [5.41, 5.74) is 6.89. The molecule has 0 unspecified atom stereocenters. The van der Waals surface area contributed by atoms with Crippen LogP contribution in [0, 0.1) is 5.82 Å². The lowest BCUT2D eigenvalue weighted by Crippen LogP contribution is -1.99. The van der Waals surface area contributed by atoms with Crippen molar-refractivity contribution >= 4 is 17.3 Å². The minimum atomic E-state index is -0.423. The third-order valence-electron chi connectivity index (χ3n) is 2.58. The second-order valence-corrected chi connectivity index (χ2v) is 4.38. The first-order valence-electron chi connectivity index (χ1n) is 5.60. The van der Waals surface area contributed by atoms with Crippen LogP contribution in [-0.2, 0) is 6.61 Å². The van der Waals surface area contributed by atoms with Gasteiger partial charge < -0.3 is 15.2 Å². The van der Waals surface area contributed by atoms with Gasteiger partial charge in [-0.2, -0.15) is 0 Å². The number of nitrogens with two attached hydrogens (primary N) is 1. The van der Waals surface area contributed by atoms with E-state index in [0.29, 0.717) is 22.0 Å². The van der Waals surface area contributed by atoms with Gasteiger partial charge in [-0.15, -0.1) is 0 Å². The highest BCUT2D eigenvalue weighted by molar-refractivity contribution is 6.30. The number of halogens is 2. The van der Waals surface area contributed by atoms with Gasteiger partial charge in [-0.25, -0.2) is 4.39 Å². The lowest BCUT2D eigenvalue weighted by molar-refractivity contribution is 0.306. The Balaban J connectivity index is 2.08. The molecule has 2 N–H and O–H groups in total. The van der Waals surface area contributed by atoms with Crippen molar-refractivity contribution in [1.82, 2.24) is 0 Å². The summed E-state index contributed by atoms with van der Waals surface area (Å²) in [6.07, 6.45) is 0. The maximum Gasteiger partial charge on any atom is 0.165 e. The Morgan fingerprint density at radius 2 is 1.89 bits per heavy atom. The molecule has 5 heteroatoms.